The van der Waals surface area contributed by atoms with Crippen molar-refractivity contribution < 1.29 is 4.79 Å². The number of nitrogens with zero attached hydrogens (tertiary/aromatic N) is 2. The number of nitrogens with one attached hydrogen (secondary N) is 2. The first-order valence-corrected chi connectivity index (χ1v) is 9.02. The fraction of sp³-hybridized carbons (Fsp3) is 0.579. The van der Waals surface area contributed by atoms with E-state index in [1.54, 1.807) is 7.05 Å². The predicted octanol–water partition coefficient (Wildman–Crippen LogP) is 1.83. The number of carbonyl (C=O) groups is 1. The third-order valence-electron chi connectivity index (χ3n) is 4.72. The quantitative estimate of drug-likeness (QED) is 0.335. The van der Waals surface area contributed by atoms with Gasteiger partial charge >= 0.3 is 0 Å². The molecule has 7 heteroatoms. The Bertz CT molecular complexity index is 599. The van der Waals surface area contributed by atoms with E-state index in [2.05, 4.69) is 58.6 Å². The number of hydrogen-bond acceptors (Lipinski definition) is 3. The lowest BCUT2D eigenvalue weighted by Gasteiger charge is -2.32. The number of primary amides is 1. The summed E-state index contributed by atoms with van der Waals surface area (Å²) >= 11 is 0. The Kier molecular flexibility index (Phi) is 9.93. The molecule has 1 saturated heterocycles. The second kappa shape index (κ2) is 11.4. The van der Waals surface area contributed by atoms with Crippen LogP contribution in [-0.2, 0) is 4.79 Å². The number of halogens is 1. The number of amides is 1. The summed E-state index contributed by atoms with van der Waals surface area (Å²) in [4.78, 5) is 17.4. The Labute approximate surface area is 174 Å². The average Bonchev–Trinajstić information content (AvgIpc) is 2.59. The number of rotatable bonds is 6. The predicted molar refractivity (Wildman–Crippen MR) is 118 cm³/mol. The van der Waals surface area contributed by atoms with Crippen LogP contribution in [0.1, 0.15) is 36.8 Å². The van der Waals surface area contributed by atoms with E-state index in [0.29, 0.717) is 18.5 Å². The Balaban J connectivity index is 0.00000338. The lowest BCUT2D eigenvalue weighted by molar-refractivity contribution is -0.119. The standard InChI is InChI=1S/C19H31N5O.HI/c1-14-5-4-6-16(11-14)15(2)12-22-19(21-3)23-17-7-9-24(10-8-17)13-18(20)25;/h4-6,11,15,17H,7-10,12-13H2,1-3H3,(H2,20,25)(H2,21,22,23);1H. The molecule has 1 aromatic carbocycles. The maximum absolute atomic E-state index is 11.0. The van der Waals surface area contributed by atoms with Gasteiger partial charge in [-0.15, -0.1) is 24.0 Å². The van der Waals surface area contributed by atoms with Crippen LogP contribution in [0.3, 0.4) is 0 Å². The summed E-state index contributed by atoms with van der Waals surface area (Å²) in [6, 6.07) is 9.01. The molecule has 0 spiro atoms. The zero-order valence-corrected chi connectivity index (χ0v) is 18.3. The Morgan fingerprint density at radius 1 is 1.38 bits per heavy atom. The van der Waals surface area contributed by atoms with Gasteiger partial charge in [0, 0.05) is 32.7 Å². The molecular formula is C19H32IN5O. The van der Waals surface area contributed by atoms with Crippen LogP contribution < -0.4 is 16.4 Å². The molecule has 0 radical (unpaired) electrons. The molecule has 4 N–H and O–H groups in total. The van der Waals surface area contributed by atoms with Gasteiger partial charge in [0.2, 0.25) is 5.91 Å². The van der Waals surface area contributed by atoms with Gasteiger partial charge in [0.15, 0.2) is 5.96 Å². The molecule has 146 valence electrons. The number of guanidine groups is 1. The topological polar surface area (TPSA) is 82.8 Å². The fourth-order valence-corrected chi connectivity index (χ4v) is 3.19. The van der Waals surface area contributed by atoms with E-state index in [1.807, 2.05) is 0 Å². The first kappa shape index (κ1) is 22.7. The highest BCUT2D eigenvalue weighted by atomic mass is 127. The first-order valence-electron chi connectivity index (χ1n) is 9.02. The van der Waals surface area contributed by atoms with Crippen LogP contribution in [0.5, 0.6) is 0 Å². The third-order valence-corrected chi connectivity index (χ3v) is 4.72. The number of aliphatic imine (C=N–C) groups is 1. The zero-order valence-electron chi connectivity index (χ0n) is 16.0. The van der Waals surface area contributed by atoms with E-state index in [1.165, 1.54) is 11.1 Å². The van der Waals surface area contributed by atoms with Gasteiger partial charge in [-0.1, -0.05) is 36.8 Å². The van der Waals surface area contributed by atoms with Crippen molar-refractivity contribution in [1.82, 2.24) is 15.5 Å². The number of likely N-dealkylation sites (tertiary alicyclic amines) is 1. The summed E-state index contributed by atoms with van der Waals surface area (Å²) in [6.45, 7) is 7.30. The van der Waals surface area contributed by atoms with Crippen molar-refractivity contribution in [3.05, 3.63) is 35.4 Å². The van der Waals surface area contributed by atoms with Crippen molar-refractivity contribution in [2.24, 2.45) is 10.7 Å². The molecule has 1 fully saturated rings. The van der Waals surface area contributed by atoms with Crippen molar-refractivity contribution in [2.75, 3.05) is 33.2 Å². The molecule has 2 rings (SSSR count). The third kappa shape index (κ3) is 7.49. The van der Waals surface area contributed by atoms with Gasteiger partial charge in [-0.25, -0.2) is 0 Å². The monoisotopic (exact) mass is 473 g/mol. The number of benzene rings is 1. The number of piperidine rings is 1. The lowest BCUT2D eigenvalue weighted by Crippen LogP contribution is -2.50. The van der Waals surface area contributed by atoms with E-state index in [4.69, 9.17) is 5.73 Å². The number of hydrogen-bond donors (Lipinski definition) is 3. The Hall–Kier alpha value is -1.35. The second-order valence-electron chi connectivity index (χ2n) is 6.93. The molecule has 0 aliphatic carbocycles. The average molecular weight is 473 g/mol. The highest BCUT2D eigenvalue weighted by Crippen LogP contribution is 2.15. The van der Waals surface area contributed by atoms with E-state index in [0.717, 1.165) is 38.4 Å². The van der Waals surface area contributed by atoms with E-state index in [9.17, 15) is 4.79 Å². The number of nitrogens with two attached hydrogens (primary N) is 1. The van der Waals surface area contributed by atoms with Gasteiger partial charge in [-0.05, 0) is 31.2 Å². The van der Waals surface area contributed by atoms with Crippen LogP contribution in [0, 0.1) is 6.92 Å². The minimum absolute atomic E-state index is 0. The zero-order chi connectivity index (χ0) is 18.2. The molecule has 1 amide bonds. The summed E-state index contributed by atoms with van der Waals surface area (Å²) < 4.78 is 0. The van der Waals surface area contributed by atoms with Gasteiger partial charge in [-0.3, -0.25) is 14.7 Å². The fourth-order valence-electron chi connectivity index (χ4n) is 3.19. The molecule has 1 atom stereocenters. The molecule has 0 saturated carbocycles. The molecule has 6 nitrogen and oxygen atoms in total. The van der Waals surface area contributed by atoms with E-state index >= 15 is 0 Å². The molecule has 0 aromatic heterocycles. The molecule has 1 unspecified atom stereocenters. The summed E-state index contributed by atoms with van der Waals surface area (Å²) in [5.41, 5.74) is 7.88. The minimum Gasteiger partial charge on any atom is -0.369 e. The van der Waals surface area contributed by atoms with Crippen LogP contribution in [0.15, 0.2) is 29.3 Å². The summed E-state index contributed by atoms with van der Waals surface area (Å²) in [6.07, 6.45) is 1.98. The molecule has 26 heavy (non-hydrogen) atoms. The Morgan fingerprint density at radius 3 is 2.65 bits per heavy atom. The second-order valence-corrected chi connectivity index (χ2v) is 6.93. The van der Waals surface area contributed by atoms with Crippen molar-refractivity contribution in [1.29, 1.82) is 0 Å². The van der Waals surface area contributed by atoms with Crippen molar-refractivity contribution in [3.8, 4) is 0 Å². The lowest BCUT2D eigenvalue weighted by atomic mass is 9.99. The maximum atomic E-state index is 11.0. The Morgan fingerprint density at radius 2 is 2.08 bits per heavy atom. The van der Waals surface area contributed by atoms with Gasteiger partial charge in [0.1, 0.15) is 0 Å². The van der Waals surface area contributed by atoms with Crippen molar-refractivity contribution >= 4 is 35.8 Å². The van der Waals surface area contributed by atoms with Crippen LogP contribution in [0.4, 0.5) is 0 Å². The van der Waals surface area contributed by atoms with Crippen molar-refractivity contribution in [2.45, 2.75) is 38.6 Å². The normalized spacial score (nSPS) is 17.3. The van der Waals surface area contributed by atoms with Crippen LogP contribution >= 0.6 is 24.0 Å². The molecule has 1 aliphatic heterocycles. The molecule has 1 aromatic rings. The molecular weight excluding hydrogens is 441 g/mol. The molecule has 1 heterocycles. The minimum atomic E-state index is -0.256. The molecule has 0 bridgehead atoms. The van der Waals surface area contributed by atoms with E-state index in [-0.39, 0.29) is 29.9 Å². The highest BCUT2D eigenvalue weighted by molar-refractivity contribution is 14.0. The van der Waals surface area contributed by atoms with Crippen LogP contribution in [-0.4, -0.2) is 56.0 Å². The first-order chi connectivity index (χ1) is 12.0. The number of carbonyl (C=O) groups excluding carboxylic acids is 1. The smallest absolute Gasteiger partial charge is 0.231 e. The van der Waals surface area contributed by atoms with Crippen LogP contribution in [0.25, 0.3) is 0 Å². The maximum Gasteiger partial charge on any atom is 0.231 e. The van der Waals surface area contributed by atoms with E-state index < -0.39 is 0 Å². The largest absolute Gasteiger partial charge is 0.369 e. The number of aryl methyl sites for hydroxylation is 1. The van der Waals surface area contributed by atoms with Gasteiger partial charge in [-0.2, -0.15) is 0 Å². The summed E-state index contributed by atoms with van der Waals surface area (Å²) in [7, 11) is 1.80. The van der Waals surface area contributed by atoms with Gasteiger partial charge < -0.3 is 16.4 Å². The van der Waals surface area contributed by atoms with Gasteiger partial charge in [0.05, 0.1) is 6.54 Å². The van der Waals surface area contributed by atoms with Crippen molar-refractivity contribution in [3.63, 3.8) is 0 Å². The van der Waals surface area contributed by atoms with Gasteiger partial charge in [0.25, 0.3) is 0 Å². The molecule has 1 aliphatic rings. The summed E-state index contributed by atoms with van der Waals surface area (Å²) in [5, 5.41) is 6.92. The van der Waals surface area contributed by atoms with Crippen LogP contribution in [0.2, 0.25) is 0 Å². The highest BCUT2D eigenvalue weighted by Gasteiger charge is 2.21. The SMILES string of the molecule is CN=C(NCC(C)c1cccc(C)c1)NC1CCN(CC(N)=O)CC1.I. The summed E-state index contributed by atoms with van der Waals surface area (Å²) in [5.74, 6) is 0.998.